The molecular weight excluding hydrogens is 292 g/mol. The van der Waals surface area contributed by atoms with Crippen LogP contribution < -0.4 is 5.32 Å². The number of aryl methyl sites for hydroxylation is 1. The number of amides is 1. The van der Waals surface area contributed by atoms with Crippen LogP contribution in [-0.4, -0.2) is 24.7 Å². The summed E-state index contributed by atoms with van der Waals surface area (Å²) < 4.78 is 10.4. The molecule has 0 aliphatic carbocycles. The topological polar surface area (TPSA) is 64.4 Å². The molecule has 0 saturated heterocycles. The molecule has 1 amide bonds. The van der Waals surface area contributed by atoms with E-state index in [9.17, 15) is 4.79 Å². The first kappa shape index (κ1) is 15.5. The number of hydrogen-bond donors (Lipinski definition) is 1. The molecule has 1 atom stereocenters. The molecule has 1 N–H and O–H groups in total. The molecule has 0 saturated carbocycles. The monoisotopic (exact) mass is 308 g/mol. The van der Waals surface area contributed by atoms with E-state index in [4.69, 9.17) is 20.9 Å². The van der Waals surface area contributed by atoms with Crippen molar-refractivity contribution in [1.29, 1.82) is 0 Å². The van der Waals surface area contributed by atoms with Crippen LogP contribution in [0.2, 0.25) is 5.02 Å². The molecule has 6 heteroatoms. The fourth-order valence-corrected chi connectivity index (χ4v) is 2.11. The first-order chi connectivity index (χ1) is 9.94. The van der Waals surface area contributed by atoms with Gasteiger partial charge in [-0.3, -0.25) is 4.79 Å². The van der Waals surface area contributed by atoms with Crippen molar-refractivity contribution in [2.45, 2.75) is 19.4 Å². The second kappa shape index (κ2) is 6.28. The standard InChI is InChI=1S/C15H17ClN2O3/c1-10-7-13(18-21-10)14(19)17-9-15(2,20-3)11-5-4-6-12(16)8-11/h4-8H,9H2,1-3H3,(H,17,19). The van der Waals surface area contributed by atoms with Gasteiger partial charge in [0, 0.05) is 18.2 Å². The summed E-state index contributed by atoms with van der Waals surface area (Å²) in [5.41, 5.74) is 0.450. The normalized spacial score (nSPS) is 13.7. The van der Waals surface area contributed by atoms with E-state index in [-0.39, 0.29) is 18.1 Å². The van der Waals surface area contributed by atoms with Crippen LogP contribution >= 0.6 is 11.6 Å². The van der Waals surface area contributed by atoms with E-state index in [2.05, 4.69) is 10.5 Å². The second-order valence-electron chi connectivity index (χ2n) is 4.95. The summed E-state index contributed by atoms with van der Waals surface area (Å²) in [6.07, 6.45) is 0. The van der Waals surface area contributed by atoms with Crippen molar-refractivity contribution >= 4 is 17.5 Å². The number of methoxy groups -OCH3 is 1. The minimum Gasteiger partial charge on any atom is -0.372 e. The van der Waals surface area contributed by atoms with Crippen molar-refractivity contribution in [1.82, 2.24) is 10.5 Å². The smallest absolute Gasteiger partial charge is 0.273 e. The Kier molecular flexibility index (Phi) is 4.65. The maximum absolute atomic E-state index is 12.0. The molecule has 112 valence electrons. The number of aromatic nitrogens is 1. The van der Waals surface area contributed by atoms with Crippen LogP contribution in [0.5, 0.6) is 0 Å². The van der Waals surface area contributed by atoms with Crippen molar-refractivity contribution in [3.63, 3.8) is 0 Å². The Balaban J connectivity index is 2.10. The minimum atomic E-state index is -0.681. The minimum absolute atomic E-state index is 0.247. The summed E-state index contributed by atoms with van der Waals surface area (Å²) in [6, 6.07) is 8.94. The third-order valence-electron chi connectivity index (χ3n) is 3.33. The molecule has 0 radical (unpaired) electrons. The first-order valence-electron chi connectivity index (χ1n) is 6.47. The highest BCUT2D eigenvalue weighted by atomic mass is 35.5. The second-order valence-corrected chi connectivity index (χ2v) is 5.39. The molecule has 0 bridgehead atoms. The summed E-state index contributed by atoms with van der Waals surface area (Å²) in [4.78, 5) is 12.0. The number of rotatable bonds is 5. The van der Waals surface area contributed by atoms with Crippen LogP contribution in [0.25, 0.3) is 0 Å². The molecule has 0 spiro atoms. The molecule has 1 aromatic heterocycles. The molecule has 2 aromatic rings. The molecule has 0 aliphatic heterocycles. The highest BCUT2D eigenvalue weighted by Crippen LogP contribution is 2.26. The maximum atomic E-state index is 12.0. The number of hydrogen-bond acceptors (Lipinski definition) is 4. The molecule has 2 rings (SSSR count). The van der Waals surface area contributed by atoms with Crippen LogP contribution in [0.3, 0.4) is 0 Å². The number of nitrogens with one attached hydrogen (secondary N) is 1. The molecule has 0 fully saturated rings. The Morgan fingerprint density at radius 3 is 2.81 bits per heavy atom. The SMILES string of the molecule is COC(C)(CNC(=O)c1cc(C)on1)c1cccc(Cl)c1. The number of carbonyl (C=O) groups is 1. The van der Waals surface area contributed by atoms with E-state index in [1.165, 1.54) is 0 Å². The van der Waals surface area contributed by atoms with Crippen LogP contribution in [0.4, 0.5) is 0 Å². The van der Waals surface area contributed by atoms with Crippen LogP contribution in [0.15, 0.2) is 34.9 Å². The Morgan fingerprint density at radius 1 is 1.48 bits per heavy atom. The van der Waals surface area contributed by atoms with Gasteiger partial charge >= 0.3 is 0 Å². The number of halogens is 1. The lowest BCUT2D eigenvalue weighted by Crippen LogP contribution is -2.40. The Labute approximate surface area is 128 Å². The van der Waals surface area contributed by atoms with E-state index in [1.807, 2.05) is 25.1 Å². The van der Waals surface area contributed by atoms with Gasteiger partial charge in [-0.25, -0.2) is 0 Å². The van der Waals surface area contributed by atoms with Gasteiger partial charge in [-0.05, 0) is 31.5 Å². The third-order valence-corrected chi connectivity index (χ3v) is 3.57. The fourth-order valence-electron chi connectivity index (χ4n) is 1.92. The Morgan fingerprint density at radius 2 is 2.24 bits per heavy atom. The largest absolute Gasteiger partial charge is 0.372 e. The van der Waals surface area contributed by atoms with Crippen LogP contribution in [-0.2, 0) is 10.3 Å². The zero-order chi connectivity index (χ0) is 15.5. The summed E-state index contributed by atoms with van der Waals surface area (Å²) in [5, 5.41) is 7.09. The zero-order valence-corrected chi connectivity index (χ0v) is 12.9. The highest BCUT2D eigenvalue weighted by molar-refractivity contribution is 6.30. The van der Waals surface area contributed by atoms with Crippen molar-refractivity contribution < 1.29 is 14.1 Å². The van der Waals surface area contributed by atoms with Crippen LogP contribution in [0.1, 0.15) is 28.7 Å². The number of ether oxygens (including phenoxy) is 1. The van der Waals surface area contributed by atoms with Crippen molar-refractivity contribution in [2.24, 2.45) is 0 Å². The lowest BCUT2D eigenvalue weighted by Gasteiger charge is -2.29. The predicted octanol–water partition coefficient (Wildman–Crippen LogP) is 2.93. The van der Waals surface area contributed by atoms with Gasteiger partial charge in [0.2, 0.25) is 0 Å². The average Bonchev–Trinajstić information content (AvgIpc) is 2.91. The van der Waals surface area contributed by atoms with Gasteiger partial charge in [0.1, 0.15) is 11.4 Å². The van der Waals surface area contributed by atoms with Gasteiger partial charge in [0.05, 0.1) is 6.54 Å². The van der Waals surface area contributed by atoms with E-state index in [0.717, 1.165) is 5.56 Å². The zero-order valence-electron chi connectivity index (χ0n) is 12.1. The predicted molar refractivity (Wildman–Crippen MR) is 79.4 cm³/mol. The first-order valence-corrected chi connectivity index (χ1v) is 6.85. The summed E-state index contributed by atoms with van der Waals surface area (Å²) in [7, 11) is 1.59. The number of nitrogens with zero attached hydrogens (tertiary/aromatic N) is 1. The van der Waals surface area contributed by atoms with E-state index >= 15 is 0 Å². The third kappa shape index (κ3) is 3.62. The summed E-state index contributed by atoms with van der Waals surface area (Å²) in [6.45, 7) is 3.90. The van der Waals surface area contributed by atoms with Gasteiger partial charge < -0.3 is 14.6 Å². The fraction of sp³-hybridized carbons (Fsp3) is 0.333. The van der Waals surface area contributed by atoms with Gasteiger partial charge in [-0.15, -0.1) is 0 Å². The molecule has 21 heavy (non-hydrogen) atoms. The highest BCUT2D eigenvalue weighted by Gasteiger charge is 2.27. The summed E-state index contributed by atoms with van der Waals surface area (Å²) >= 11 is 6.00. The van der Waals surface area contributed by atoms with Crippen molar-refractivity contribution in [3.8, 4) is 0 Å². The summed E-state index contributed by atoms with van der Waals surface area (Å²) in [5.74, 6) is 0.279. The van der Waals surface area contributed by atoms with Gasteiger partial charge in [-0.2, -0.15) is 0 Å². The Hall–Kier alpha value is -1.85. The quantitative estimate of drug-likeness (QED) is 0.922. The van der Waals surface area contributed by atoms with Gasteiger partial charge in [0.15, 0.2) is 5.69 Å². The molecule has 0 aliphatic rings. The van der Waals surface area contributed by atoms with Gasteiger partial charge in [0.25, 0.3) is 5.91 Å². The molecule has 1 aromatic carbocycles. The average molecular weight is 309 g/mol. The van der Waals surface area contributed by atoms with E-state index < -0.39 is 5.60 Å². The van der Waals surface area contributed by atoms with Crippen molar-refractivity contribution in [3.05, 3.63) is 52.4 Å². The molecule has 1 unspecified atom stereocenters. The Bertz CT molecular complexity index is 641. The molecule has 1 heterocycles. The maximum Gasteiger partial charge on any atom is 0.273 e. The van der Waals surface area contributed by atoms with E-state index in [0.29, 0.717) is 10.8 Å². The number of benzene rings is 1. The number of carbonyl (C=O) groups excluding carboxylic acids is 1. The lowest BCUT2D eigenvalue weighted by atomic mass is 9.95. The van der Waals surface area contributed by atoms with Crippen LogP contribution in [0, 0.1) is 6.92 Å². The molecular formula is C15H17ClN2O3. The van der Waals surface area contributed by atoms with E-state index in [1.54, 1.807) is 26.2 Å². The lowest BCUT2D eigenvalue weighted by molar-refractivity contribution is 0.00308. The van der Waals surface area contributed by atoms with Crippen molar-refractivity contribution in [2.75, 3.05) is 13.7 Å². The molecule has 5 nitrogen and oxygen atoms in total. The van der Waals surface area contributed by atoms with Gasteiger partial charge in [-0.1, -0.05) is 28.9 Å².